The summed E-state index contributed by atoms with van der Waals surface area (Å²) in [6, 6.07) is 6.40. The maximum Gasteiger partial charge on any atom is 0.240 e. The average molecular weight is 349 g/mol. The highest BCUT2D eigenvalue weighted by molar-refractivity contribution is 8.06. The minimum atomic E-state index is -3.45. The number of hydrogen-bond acceptors (Lipinski definition) is 6. The summed E-state index contributed by atoms with van der Waals surface area (Å²) >= 11 is 3.71. The number of thioether (sulfide) groups is 2. The summed E-state index contributed by atoms with van der Waals surface area (Å²) in [5.74, 6) is 3.86. The largest absolute Gasteiger partial charge is 0.492 e. The van der Waals surface area contributed by atoms with Gasteiger partial charge in [-0.05, 0) is 24.3 Å². The van der Waals surface area contributed by atoms with Gasteiger partial charge in [0.25, 0.3) is 0 Å². The molecule has 1 heterocycles. The molecule has 5 nitrogen and oxygen atoms in total. The van der Waals surface area contributed by atoms with Crippen LogP contribution in [0.1, 0.15) is 0 Å². The van der Waals surface area contributed by atoms with E-state index >= 15 is 0 Å². The lowest BCUT2D eigenvalue weighted by atomic mass is 10.3. The highest BCUT2D eigenvalue weighted by Gasteiger charge is 2.19. The predicted molar refractivity (Wildman–Crippen MR) is 89.8 cm³/mol. The number of rotatable bonds is 7. The lowest BCUT2D eigenvalue weighted by molar-refractivity contribution is 0.328. The van der Waals surface area contributed by atoms with E-state index < -0.39 is 10.0 Å². The fourth-order valence-corrected chi connectivity index (χ4v) is 5.63. The molecule has 3 N–H and O–H groups in total. The summed E-state index contributed by atoms with van der Waals surface area (Å²) < 4.78 is 32.4. The third kappa shape index (κ3) is 5.37. The van der Waals surface area contributed by atoms with Crippen molar-refractivity contribution in [3.05, 3.63) is 24.3 Å². The van der Waals surface area contributed by atoms with Crippen LogP contribution in [0.4, 0.5) is 0 Å². The van der Waals surface area contributed by atoms with E-state index in [1.807, 2.05) is 23.5 Å². The SMILES string of the molecule is NCCOc1ccc(S(=O)(=O)NCC2CSCCS2)cc1. The Bertz CT molecular complexity index is 528. The van der Waals surface area contributed by atoms with Crippen molar-refractivity contribution in [3.63, 3.8) is 0 Å². The molecule has 1 atom stereocenters. The Labute approximate surface area is 134 Å². The summed E-state index contributed by atoms with van der Waals surface area (Å²) in [5.41, 5.74) is 5.35. The zero-order chi connectivity index (χ0) is 15.1. The minimum absolute atomic E-state index is 0.260. The summed E-state index contributed by atoms with van der Waals surface area (Å²) in [4.78, 5) is 0.260. The van der Waals surface area contributed by atoms with Crippen LogP contribution in [-0.2, 0) is 10.0 Å². The lowest BCUT2D eigenvalue weighted by Crippen LogP contribution is -2.33. The van der Waals surface area contributed by atoms with Gasteiger partial charge in [0.2, 0.25) is 10.0 Å². The van der Waals surface area contributed by atoms with Crippen molar-refractivity contribution in [1.82, 2.24) is 4.72 Å². The fraction of sp³-hybridized carbons (Fsp3) is 0.538. The van der Waals surface area contributed by atoms with E-state index in [9.17, 15) is 8.42 Å². The molecule has 1 aromatic carbocycles. The third-order valence-electron chi connectivity index (χ3n) is 2.91. The number of hydrogen-bond donors (Lipinski definition) is 2. The van der Waals surface area contributed by atoms with Gasteiger partial charge in [-0.1, -0.05) is 0 Å². The molecule has 1 aliphatic heterocycles. The first-order valence-corrected chi connectivity index (χ1v) is 10.4. The molecule has 118 valence electrons. The van der Waals surface area contributed by atoms with Crippen LogP contribution in [-0.4, -0.2) is 50.6 Å². The maximum absolute atomic E-state index is 12.2. The molecular formula is C13H20N2O3S3. The molecule has 1 unspecified atom stereocenters. The molecular weight excluding hydrogens is 328 g/mol. The first-order valence-electron chi connectivity index (χ1n) is 6.74. The van der Waals surface area contributed by atoms with Crippen LogP contribution in [0.5, 0.6) is 5.75 Å². The topological polar surface area (TPSA) is 81.4 Å². The molecule has 0 amide bonds. The molecule has 0 spiro atoms. The predicted octanol–water partition coefficient (Wildman–Crippen LogP) is 1.15. The molecule has 0 saturated carbocycles. The monoisotopic (exact) mass is 348 g/mol. The number of benzene rings is 1. The van der Waals surface area contributed by atoms with E-state index in [1.54, 1.807) is 24.3 Å². The molecule has 2 rings (SSSR count). The molecule has 8 heteroatoms. The van der Waals surface area contributed by atoms with Crippen LogP contribution < -0.4 is 15.2 Å². The van der Waals surface area contributed by atoms with Gasteiger partial charge in [0.1, 0.15) is 12.4 Å². The van der Waals surface area contributed by atoms with Gasteiger partial charge in [0, 0.05) is 35.6 Å². The highest BCUT2D eigenvalue weighted by Crippen LogP contribution is 2.24. The number of sulfonamides is 1. The van der Waals surface area contributed by atoms with Gasteiger partial charge in [0.05, 0.1) is 4.90 Å². The Hall–Kier alpha value is -0.410. The Morgan fingerprint density at radius 3 is 2.67 bits per heavy atom. The summed E-state index contributed by atoms with van der Waals surface area (Å²) in [7, 11) is -3.45. The number of ether oxygens (including phenoxy) is 1. The van der Waals surface area contributed by atoms with E-state index in [2.05, 4.69) is 4.72 Å². The molecule has 1 aromatic rings. The lowest BCUT2D eigenvalue weighted by Gasteiger charge is -2.21. The first kappa shape index (κ1) is 17.0. The van der Waals surface area contributed by atoms with Gasteiger partial charge in [0.15, 0.2) is 0 Å². The van der Waals surface area contributed by atoms with Gasteiger partial charge in [-0.2, -0.15) is 23.5 Å². The van der Waals surface area contributed by atoms with Gasteiger partial charge in [-0.3, -0.25) is 0 Å². The van der Waals surface area contributed by atoms with E-state index in [4.69, 9.17) is 10.5 Å². The van der Waals surface area contributed by atoms with Crippen molar-refractivity contribution < 1.29 is 13.2 Å². The Kier molecular flexibility index (Phi) is 6.69. The second kappa shape index (κ2) is 8.28. The zero-order valence-electron chi connectivity index (χ0n) is 11.7. The van der Waals surface area contributed by atoms with E-state index in [0.29, 0.717) is 30.7 Å². The Balaban J connectivity index is 1.91. The molecule has 1 saturated heterocycles. The van der Waals surface area contributed by atoms with Crippen molar-refractivity contribution in [2.75, 3.05) is 37.0 Å². The fourth-order valence-electron chi connectivity index (χ4n) is 1.83. The van der Waals surface area contributed by atoms with Crippen molar-refractivity contribution in [2.45, 2.75) is 10.1 Å². The molecule has 0 aromatic heterocycles. The zero-order valence-corrected chi connectivity index (χ0v) is 14.1. The second-order valence-electron chi connectivity index (χ2n) is 4.53. The quantitative estimate of drug-likeness (QED) is 0.769. The molecule has 0 aliphatic carbocycles. The molecule has 1 fully saturated rings. The number of nitrogens with two attached hydrogens (primary N) is 1. The minimum Gasteiger partial charge on any atom is -0.492 e. The van der Waals surface area contributed by atoms with Crippen LogP contribution in [0.15, 0.2) is 29.2 Å². The van der Waals surface area contributed by atoms with Gasteiger partial charge in [-0.25, -0.2) is 13.1 Å². The third-order valence-corrected chi connectivity index (χ3v) is 7.19. The molecule has 21 heavy (non-hydrogen) atoms. The molecule has 1 aliphatic rings. The van der Waals surface area contributed by atoms with Crippen LogP contribution in [0.2, 0.25) is 0 Å². The smallest absolute Gasteiger partial charge is 0.240 e. The normalized spacial score (nSPS) is 19.4. The van der Waals surface area contributed by atoms with E-state index in [-0.39, 0.29) is 4.90 Å². The van der Waals surface area contributed by atoms with E-state index in [1.165, 1.54) is 0 Å². The molecule has 0 bridgehead atoms. The van der Waals surface area contributed by atoms with Crippen LogP contribution in [0, 0.1) is 0 Å². The van der Waals surface area contributed by atoms with Gasteiger partial charge in [-0.15, -0.1) is 0 Å². The van der Waals surface area contributed by atoms with Crippen LogP contribution >= 0.6 is 23.5 Å². The first-order chi connectivity index (χ1) is 10.1. The highest BCUT2D eigenvalue weighted by atomic mass is 32.2. The van der Waals surface area contributed by atoms with Crippen molar-refractivity contribution >= 4 is 33.5 Å². The van der Waals surface area contributed by atoms with Crippen LogP contribution in [0.25, 0.3) is 0 Å². The van der Waals surface area contributed by atoms with Gasteiger partial charge >= 0.3 is 0 Å². The van der Waals surface area contributed by atoms with Crippen molar-refractivity contribution in [2.24, 2.45) is 5.73 Å². The van der Waals surface area contributed by atoms with Crippen LogP contribution in [0.3, 0.4) is 0 Å². The molecule has 0 radical (unpaired) electrons. The average Bonchev–Trinajstić information content (AvgIpc) is 2.52. The Morgan fingerprint density at radius 1 is 1.29 bits per heavy atom. The summed E-state index contributed by atoms with van der Waals surface area (Å²) in [6.45, 7) is 1.32. The standard InChI is InChI=1S/C13H20N2O3S3/c14-5-6-18-11-1-3-13(4-2-11)21(16,17)15-9-12-10-19-7-8-20-12/h1-4,12,15H,5-10,14H2. The van der Waals surface area contributed by atoms with Crippen molar-refractivity contribution in [1.29, 1.82) is 0 Å². The van der Waals surface area contributed by atoms with Gasteiger partial charge < -0.3 is 10.5 Å². The maximum atomic E-state index is 12.2. The Morgan fingerprint density at radius 2 is 2.05 bits per heavy atom. The summed E-state index contributed by atoms with van der Waals surface area (Å²) in [5, 5.41) is 0.352. The van der Waals surface area contributed by atoms with Crippen molar-refractivity contribution in [3.8, 4) is 5.75 Å². The second-order valence-corrected chi connectivity index (χ2v) is 8.85. The number of nitrogens with one attached hydrogen (secondary N) is 1. The summed E-state index contributed by atoms with van der Waals surface area (Å²) in [6.07, 6.45) is 0. The van der Waals surface area contributed by atoms with E-state index in [0.717, 1.165) is 17.3 Å².